The van der Waals surface area contributed by atoms with Gasteiger partial charge in [-0.3, -0.25) is 4.98 Å². The number of hydrogen-bond donors (Lipinski definition) is 1. The van der Waals surface area contributed by atoms with E-state index in [9.17, 15) is 0 Å². The third-order valence-electron chi connectivity index (χ3n) is 3.25. The van der Waals surface area contributed by atoms with Gasteiger partial charge in [-0.1, -0.05) is 12.1 Å². The van der Waals surface area contributed by atoms with Gasteiger partial charge < -0.3 is 14.8 Å². The normalized spacial score (nSPS) is 12.0. The van der Waals surface area contributed by atoms with Gasteiger partial charge in [-0.15, -0.1) is 0 Å². The van der Waals surface area contributed by atoms with Crippen LogP contribution in [0.3, 0.4) is 0 Å². The average molecular weight is 272 g/mol. The first-order valence-electron chi connectivity index (χ1n) is 6.53. The Hall–Kier alpha value is -2.07. The monoisotopic (exact) mass is 272 g/mol. The van der Waals surface area contributed by atoms with E-state index in [1.165, 1.54) is 0 Å². The third-order valence-corrected chi connectivity index (χ3v) is 3.25. The molecule has 0 saturated carbocycles. The van der Waals surface area contributed by atoms with Crippen molar-refractivity contribution >= 4 is 0 Å². The molecule has 4 heteroatoms. The molecule has 0 aliphatic carbocycles. The number of aromatic nitrogens is 1. The van der Waals surface area contributed by atoms with Crippen molar-refractivity contribution in [3.63, 3.8) is 0 Å². The number of nitrogens with one attached hydrogen (secondary N) is 1. The molecule has 106 valence electrons. The quantitative estimate of drug-likeness (QED) is 0.909. The molecule has 0 spiro atoms. The second-order valence-electron chi connectivity index (χ2n) is 4.50. The molecule has 0 saturated heterocycles. The van der Waals surface area contributed by atoms with E-state index in [0.29, 0.717) is 0 Å². The van der Waals surface area contributed by atoms with E-state index in [1.54, 1.807) is 14.2 Å². The molecule has 1 aromatic carbocycles. The fraction of sp³-hybridized carbons (Fsp3) is 0.312. The minimum absolute atomic E-state index is 0.0824. The van der Waals surface area contributed by atoms with Crippen molar-refractivity contribution in [2.45, 2.75) is 13.0 Å². The molecule has 1 aromatic heterocycles. The first-order chi connectivity index (χ1) is 9.71. The Balaban J connectivity index is 2.57. The van der Waals surface area contributed by atoms with Crippen molar-refractivity contribution in [1.82, 2.24) is 10.3 Å². The van der Waals surface area contributed by atoms with Crippen LogP contribution in [0, 0.1) is 6.92 Å². The van der Waals surface area contributed by atoms with Gasteiger partial charge in [0.2, 0.25) is 0 Å². The van der Waals surface area contributed by atoms with Gasteiger partial charge in [0.15, 0.2) is 0 Å². The molecule has 0 aliphatic rings. The number of hydrogen-bond acceptors (Lipinski definition) is 4. The Morgan fingerprint density at radius 2 is 1.60 bits per heavy atom. The third kappa shape index (κ3) is 2.75. The van der Waals surface area contributed by atoms with Crippen LogP contribution in [-0.4, -0.2) is 26.3 Å². The van der Waals surface area contributed by atoms with Crippen LogP contribution in [0.25, 0.3) is 0 Å². The molecule has 2 rings (SSSR count). The highest BCUT2D eigenvalue weighted by Crippen LogP contribution is 2.36. The van der Waals surface area contributed by atoms with E-state index >= 15 is 0 Å². The van der Waals surface area contributed by atoms with Gasteiger partial charge in [0.05, 0.1) is 31.5 Å². The lowest BCUT2D eigenvalue weighted by Gasteiger charge is -2.21. The Labute approximate surface area is 119 Å². The second kappa shape index (κ2) is 6.39. The molecule has 0 aliphatic heterocycles. The summed E-state index contributed by atoms with van der Waals surface area (Å²) in [6.45, 7) is 1.98. The summed E-state index contributed by atoms with van der Waals surface area (Å²) in [4.78, 5) is 4.60. The number of aryl methyl sites for hydroxylation is 1. The molecule has 4 nitrogen and oxygen atoms in total. The van der Waals surface area contributed by atoms with E-state index in [4.69, 9.17) is 9.47 Å². The van der Waals surface area contributed by atoms with Gasteiger partial charge in [-0.05, 0) is 38.2 Å². The number of benzene rings is 1. The van der Waals surface area contributed by atoms with Crippen LogP contribution < -0.4 is 14.8 Å². The van der Waals surface area contributed by atoms with Crippen molar-refractivity contribution in [3.05, 3.63) is 53.3 Å². The Morgan fingerprint density at radius 1 is 1.00 bits per heavy atom. The minimum atomic E-state index is -0.0824. The topological polar surface area (TPSA) is 43.4 Å². The van der Waals surface area contributed by atoms with E-state index in [1.807, 2.05) is 50.4 Å². The summed E-state index contributed by atoms with van der Waals surface area (Å²) in [6.07, 6.45) is 0. The van der Waals surface area contributed by atoms with Gasteiger partial charge in [0.25, 0.3) is 0 Å². The van der Waals surface area contributed by atoms with E-state index in [-0.39, 0.29) is 6.04 Å². The van der Waals surface area contributed by atoms with Crippen molar-refractivity contribution in [1.29, 1.82) is 0 Å². The fourth-order valence-electron chi connectivity index (χ4n) is 2.33. The average Bonchev–Trinajstić information content (AvgIpc) is 2.48. The maximum absolute atomic E-state index is 5.47. The highest BCUT2D eigenvalue weighted by Gasteiger charge is 2.22. The molecule has 0 bridgehead atoms. The van der Waals surface area contributed by atoms with E-state index in [0.717, 1.165) is 28.5 Å². The molecule has 1 unspecified atom stereocenters. The zero-order valence-electron chi connectivity index (χ0n) is 12.3. The summed E-state index contributed by atoms with van der Waals surface area (Å²) < 4.78 is 10.9. The number of ether oxygens (including phenoxy) is 2. The van der Waals surface area contributed by atoms with Crippen molar-refractivity contribution in [2.75, 3.05) is 21.3 Å². The largest absolute Gasteiger partial charge is 0.496 e. The summed E-state index contributed by atoms with van der Waals surface area (Å²) in [7, 11) is 5.23. The zero-order chi connectivity index (χ0) is 14.5. The molecule has 0 radical (unpaired) electrons. The number of nitrogens with zero attached hydrogens (tertiary/aromatic N) is 1. The summed E-state index contributed by atoms with van der Waals surface area (Å²) in [5.74, 6) is 1.57. The van der Waals surface area contributed by atoms with Gasteiger partial charge in [-0.25, -0.2) is 0 Å². The molecule has 1 atom stereocenters. The summed E-state index contributed by atoms with van der Waals surface area (Å²) in [6, 6.07) is 11.7. The molecule has 1 heterocycles. The molecular weight excluding hydrogens is 252 g/mol. The molecule has 2 aromatic rings. The first kappa shape index (κ1) is 14.3. The number of rotatable bonds is 5. The summed E-state index contributed by atoms with van der Waals surface area (Å²) in [5.41, 5.74) is 2.88. The van der Waals surface area contributed by atoms with E-state index in [2.05, 4.69) is 10.3 Å². The predicted octanol–water partition coefficient (Wildman–Crippen LogP) is 2.72. The zero-order valence-corrected chi connectivity index (χ0v) is 12.3. The highest BCUT2D eigenvalue weighted by atomic mass is 16.5. The molecule has 0 amide bonds. The lowest BCUT2D eigenvalue weighted by Crippen LogP contribution is -2.20. The number of pyridine rings is 1. The van der Waals surface area contributed by atoms with Crippen LogP contribution in [0.2, 0.25) is 0 Å². The van der Waals surface area contributed by atoms with Crippen molar-refractivity contribution in [3.8, 4) is 11.5 Å². The lowest BCUT2D eigenvalue weighted by atomic mass is 10.0. The van der Waals surface area contributed by atoms with Gasteiger partial charge >= 0.3 is 0 Å². The molecule has 20 heavy (non-hydrogen) atoms. The van der Waals surface area contributed by atoms with E-state index < -0.39 is 0 Å². The van der Waals surface area contributed by atoms with Gasteiger partial charge in [-0.2, -0.15) is 0 Å². The van der Waals surface area contributed by atoms with Crippen molar-refractivity contribution in [2.24, 2.45) is 0 Å². The lowest BCUT2D eigenvalue weighted by molar-refractivity contribution is 0.378. The fourth-order valence-corrected chi connectivity index (χ4v) is 2.33. The van der Waals surface area contributed by atoms with Gasteiger partial charge in [0, 0.05) is 5.69 Å². The minimum Gasteiger partial charge on any atom is -0.496 e. The van der Waals surface area contributed by atoms with Crippen LogP contribution in [-0.2, 0) is 0 Å². The van der Waals surface area contributed by atoms with Crippen LogP contribution >= 0.6 is 0 Å². The second-order valence-corrected chi connectivity index (χ2v) is 4.50. The Bertz CT molecular complexity index is 562. The maximum atomic E-state index is 5.47. The predicted molar refractivity (Wildman–Crippen MR) is 79.4 cm³/mol. The maximum Gasteiger partial charge on any atom is 0.127 e. The first-order valence-corrected chi connectivity index (χ1v) is 6.53. The highest BCUT2D eigenvalue weighted by molar-refractivity contribution is 5.49. The standard InChI is InChI=1S/C16H20N2O2/c1-11-7-5-8-12(18-11)16(17-2)15-13(19-3)9-6-10-14(15)20-4/h5-10,16-17H,1-4H3. The molecule has 0 fully saturated rings. The van der Waals surface area contributed by atoms with Crippen LogP contribution in [0.15, 0.2) is 36.4 Å². The Kier molecular flexibility index (Phi) is 4.58. The number of methoxy groups -OCH3 is 2. The van der Waals surface area contributed by atoms with Crippen LogP contribution in [0.5, 0.6) is 11.5 Å². The molecule has 1 N–H and O–H groups in total. The van der Waals surface area contributed by atoms with Gasteiger partial charge in [0.1, 0.15) is 11.5 Å². The van der Waals surface area contributed by atoms with Crippen LogP contribution in [0.1, 0.15) is 23.0 Å². The van der Waals surface area contributed by atoms with Crippen molar-refractivity contribution < 1.29 is 9.47 Å². The SMILES string of the molecule is CNC(c1cccc(C)n1)c1c(OC)cccc1OC. The Morgan fingerprint density at radius 3 is 2.10 bits per heavy atom. The molecular formula is C16H20N2O2. The smallest absolute Gasteiger partial charge is 0.127 e. The van der Waals surface area contributed by atoms with Crippen LogP contribution in [0.4, 0.5) is 0 Å². The summed E-state index contributed by atoms with van der Waals surface area (Å²) in [5, 5.41) is 3.29. The summed E-state index contributed by atoms with van der Waals surface area (Å²) >= 11 is 0.